The van der Waals surface area contributed by atoms with Crippen LogP contribution < -0.4 is 4.90 Å². The van der Waals surface area contributed by atoms with Gasteiger partial charge in [-0.1, -0.05) is 40.2 Å². The molecule has 0 spiro atoms. The van der Waals surface area contributed by atoms with Crippen molar-refractivity contribution in [3.8, 4) is 0 Å². The second-order valence-electron chi connectivity index (χ2n) is 7.72. The Hall–Kier alpha value is -2.80. The van der Waals surface area contributed by atoms with E-state index in [1.54, 1.807) is 12.1 Å². The zero-order chi connectivity index (χ0) is 22.0. The van der Waals surface area contributed by atoms with Crippen LogP contribution in [0.3, 0.4) is 0 Å². The highest BCUT2D eigenvalue weighted by atomic mass is 79.9. The Kier molecular flexibility index (Phi) is 6.32. The minimum atomic E-state index is -0.224. The maximum atomic E-state index is 14.3. The first-order chi connectivity index (χ1) is 14.9. The number of aryl methyl sites for hydroxylation is 2. The molecule has 1 aliphatic rings. The Bertz CT molecular complexity index is 1110. The van der Waals surface area contributed by atoms with Crippen molar-refractivity contribution >= 4 is 27.7 Å². The third kappa shape index (κ3) is 4.77. The van der Waals surface area contributed by atoms with E-state index in [1.165, 1.54) is 6.07 Å². The molecule has 31 heavy (non-hydrogen) atoms. The van der Waals surface area contributed by atoms with Gasteiger partial charge >= 0.3 is 0 Å². The number of rotatable bonds is 4. The number of halogens is 2. The van der Waals surface area contributed by atoms with E-state index in [1.807, 2.05) is 49.1 Å². The molecule has 1 aliphatic heterocycles. The van der Waals surface area contributed by atoms with Gasteiger partial charge in [0.2, 0.25) is 0 Å². The van der Waals surface area contributed by atoms with Gasteiger partial charge in [-0.25, -0.2) is 14.4 Å². The van der Waals surface area contributed by atoms with Crippen molar-refractivity contribution in [2.24, 2.45) is 0 Å². The molecule has 3 aromatic rings. The molecule has 160 valence electrons. The van der Waals surface area contributed by atoms with Crippen LogP contribution in [0.5, 0.6) is 0 Å². The lowest BCUT2D eigenvalue weighted by molar-refractivity contribution is 0.0746. The third-order valence-electron chi connectivity index (χ3n) is 5.57. The van der Waals surface area contributed by atoms with Crippen molar-refractivity contribution < 1.29 is 9.18 Å². The number of anilines is 1. The summed E-state index contributed by atoms with van der Waals surface area (Å²) < 4.78 is 15.2. The van der Waals surface area contributed by atoms with Gasteiger partial charge in [0.25, 0.3) is 5.91 Å². The van der Waals surface area contributed by atoms with E-state index in [2.05, 4.69) is 25.8 Å². The van der Waals surface area contributed by atoms with E-state index in [0.29, 0.717) is 49.6 Å². The molecule has 1 saturated heterocycles. The molecule has 0 bridgehead atoms. The lowest BCUT2D eigenvalue weighted by Crippen LogP contribution is -2.49. The van der Waals surface area contributed by atoms with Gasteiger partial charge in [0.15, 0.2) is 0 Å². The predicted molar refractivity (Wildman–Crippen MR) is 123 cm³/mol. The van der Waals surface area contributed by atoms with E-state index < -0.39 is 0 Å². The van der Waals surface area contributed by atoms with Crippen molar-refractivity contribution in [1.82, 2.24) is 14.9 Å². The summed E-state index contributed by atoms with van der Waals surface area (Å²) in [7, 11) is 0. The topological polar surface area (TPSA) is 49.3 Å². The first-order valence-corrected chi connectivity index (χ1v) is 11.1. The van der Waals surface area contributed by atoms with Crippen LogP contribution in [0.25, 0.3) is 0 Å². The predicted octanol–water partition coefficient (Wildman–Crippen LogP) is 4.55. The number of aromatic nitrogens is 2. The molecule has 0 N–H and O–H groups in total. The molecule has 2 aromatic carbocycles. The first-order valence-electron chi connectivity index (χ1n) is 10.3. The highest BCUT2D eigenvalue weighted by Gasteiger charge is 2.25. The van der Waals surface area contributed by atoms with E-state index in [-0.39, 0.29) is 11.7 Å². The van der Waals surface area contributed by atoms with Gasteiger partial charge in [-0.3, -0.25) is 4.79 Å². The van der Waals surface area contributed by atoms with Crippen molar-refractivity contribution in [3.63, 3.8) is 0 Å². The molecule has 1 amide bonds. The fraction of sp³-hybridized carbons (Fsp3) is 0.292. The van der Waals surface area contributed by atoms with Crippen LogP contribution in [0.4, 0.5) is 10.2 Å². The second-order valence-corrected chi connectivity index (χ2v) is 8.63. The van der Waals surface area contributed by atoms with Crippen LogP contribution in [0.15, 0.2) is 53.0 Å². The van der Waals surface area contributed by atoms with Crippen LogP contribution in [0, 0.1) is 19.7 Å². The van der Waals surface area contributed by atoms with Crippen molar-refractivity contribution in [2.75, 3.05) is 31.1 Å². The SMILES string of the molecule is Cc1nc(C)c(Cc2ccccc2F)c(N2CCN(C(=O)c3cccc(Br)c3)CC2)n1. The standard InChI is InChI=1S/C24H24BrFN4O/c1-16-21(15-18-6-3-4-9-22(18)26)23(28-17(2)27-16)29-10-12-30(13-11-29)24(31)19-7-5-8-20(25)14-19/h3-9,14H,10-13,15H2,1-2H3. The summed E-state index contributed by atoms with van der Waals surface area (Å²) in [6.07, 6.45) is 0.436. The summed E-state index contributed by atoms with van der Waals surface area (Å²) in [5.74, 6) is 1.33. The Labute approximate surface area is 190 Å². The van der Waals surface area contributed by atoms with Gasteiger partial charge in [0.05, 0.1) is 0 Å². The molecule has 2 heterocycles. The average Bonchev–Trinajstić information content (AvgIpc) is 2.76. The summed E-state index contributed by atoms with van der Waals surface area (Å²) in [5.41, 5.74) is 3.10. The van der Waals surface area contributed by atoms with E-state index in [9.17, 15) is 9.18 Å². The number of amides is 1. The van der Waals surface area contributed by atoms with Crippen molar-refractivity contribution in [3.05, 3.63) is 87.0 Å². The zero-order valence-electron chi connectivity index (χ0n) is 17.6. The van der Waals surface area contributed by atoms with Gasteiger partial charge in [-0.05, 0) is 43.7 Å². The first kappa shape index (κ1) is 21.4. The van der Waals surface area contributed by atoms with Crippen molar-refractivity contribution in [2.45, 2.75) is 20.3 Å². The summed E-state index contributed by atoms with van der Waals surface area (Å²) in [6.45, 7) is 6.36. The molecule has 1 fully saturated rings. The van der Waals surface area contributed by atoms with Crippen LogP contribution in [0.1, 0.15) is 33.0 Å². The monoisotopic (exact) mass is 482 g/mol. The number of hydrogen-bond acceptors (Lipinski definition) is 4. The van der Waals surface area contributed by atoms with E-state index >= 15 is 0 Å². The number of carbonyl (C=O) groups excluding carboxylic acids is 1. The average molecular weight is 483 g/mol. The van der Waals surface area contributed by atoms with Crippen molar-refractivity contribution in [1.29, 1.82) is 0 Å². The number of piperazine rings is 1. The second kappa shape index (κ2) is 9.14. The summed E-state index contributed by atoms with van der Waals surface area (Å²) >= 11 is 3.43. The number of hydrogen-bond donors (Lipinski definition) is 0. The Balaban J connectivity index is 1.54. The minimum absolute atomic E-state index is 0.0302. The zero-order valence-corrected chi connectivity index (χ0v) is 19.2. The molecule has 7 heteroatoms. The maximum Gasteiger partial charge on any atom is 0.254 e. The van der Waals surface area contributed by atoms with E-state index in [0.717, 1.165) is 21.5 Å². The highest BCUT2D eigenvalue weighted by molar-refractivity contribution is 9.10. The molecule has 0 atom stereocenters. The summed E-state index contributed by atoms with van der Waals surface area (Å²) in [4.78, 5) is 26.1. The molecule has 1 aromatic heterocycles. The Morgan fingerprint density at radius 1 is 1.03 bits per heavy atom. The van der Waals surface area contributed by atoms with Crippen LogP contribution in [-0.4, -0.2) is 47.0 Å². The van der Waals surface area contributed by atoms with Crippen LogP contribution in [-0.2, 0) is 6.42 Å². The molecule has 0 radical (unpaired) electrons. The van der Waals surface area contributed by atoms with Gasteiger partial charge < -0.3 is 9.80 Å². The normalized spacial score (nSPS) is 14.1. The number of nitrogens with zero attached hydrogens (tertiary/aromatic N) is 4. The highest BCUT2D eigenvalue weighted by Crippen LogP contribution is 2.26. The lowest BCUT2D eigenvalue weighted by atomic mass is 10.0. The fourth-order valence-electron chi connectivity index (χ4n) is 3.94. The maximum absolute atomic E-state index is 14.3. The van der Waals surface area contributed by atoms with E-state index in [4.69, 9.17) is 4.98 Å². The van der Waals surface area contributed by atoms with Crippen LogP contribution in [0.2, 0.25) is 0 Å². The van der Waals surface area contributed by atoms with Gasteiger partial charge in [-0.2, -0.15) is 0 Å². The van der Waals surface area contributed by atoms with Gasteiger partial charge in [0, 0.05) is 53.9 Å². The molecule has 0 aliphatic carbocycles. The molecular formula is C24H24BrFN4O. The lowest BCUT2D eigenvalue weighted by Gasteiger charge is -2.36. The minimum Gasteiger partial charge on any atom is -0.353 e. The molecule has 0 unspecified atom stereocenters. The Morgan fingerprint density at radius 3 is 2.48 bits per heavy atom. The summed E-state index contributed by atoms with van der Waals surface area (Å²) in [5, 5.41) is 0. The fourth-order valence-corrected chi connectivity index (χ4v) is 4.34. The number of benzene rings is 2. The quantitative estimate of drug-likeness (QED) is 0.547. The smallest absolute Gasteiger partial charge is 0.254 e. The number of carbonyl (C=O) groups is 1. The van der Waals surface area contributed by atoms with Gasteiger partial charge in [-0.15, -0.1) is 0 Å². The van der Waals surface area contributed by atoms with Crippen LogP contribution >= 0.6 is 15.9 Å². The molecule has 5 nitrogen and oxygen atoms in total. The molecule has 0 saturated carbocycles. The summed E-state index contributed by atoms with van der Waals surface area (Å²) in [6, 6.07) is 14.3. The van der Waals surface area contributed by atoms with Gasteiger partial charge in [0.1, 0.15) is 17.5 Å². The third-order valence-corrected chi connectivity index (χ3v) is 6.06. The molecule has 4 rings (SSSR count). The molecular weight excluding hydrogens is 459 g/mol. The largest absolute Gasteiger partial charge is 0.353 e. The Morgan fingerprint density at radius 2 is 1.77 bits per heavy atom.